The molecule has 0 bridgehead atoms. The van der Waals surface area contributed by atoms with Crippen LogP contribution >= 0.6 is 0 Å². The third-order valence-electron chi connectivity index (χ3n) is 0.950. The molecular weight excluding hydrogens is 127 g/mol. The summed E-state index contributed by atoms with van der Waals surface area (Å²) in [7, 11) is -0.314. The lowest BCUT2D eigenvalue weighted by atomic mass is 9.88. The van der Waals surface area contributed by atoms with Crippen molar-refractivity contribution in [2.45, 2.75) is 6.92 Å². The fourth-order valence-electron chi connectivity index (χ4n) is 0.336. The summed E-state index contributed by atoms with van der Waals surface area (Å²) in [5.41, 5.74) is -0.275. The second-order valence-corrected chi connectivity index (χ2v) is 1.63. The predicted molar refractivity (Wildman–Crippen MR) is 37.5 cm³/mol. The van der Waals surface area contributed by atoms with Gasteiger partial charge >= 0.3 is 0 Å². The van der Waals surface area contributed by atoms with Gasteiger partial charge in [-0.2, -0.15) is 10.5 Å². The van der Waals surface area contributed by atoms with E-state index in [1.807, 2.05) is 0 Å². The molecular formula is C6H5BN2O. The number of Topliss-reactive ketones (excluding diaryl/α,β-unsaturated/α-hetero) is 1. The standard InChI is InChI=1S/C6H5BN2O/c1-4(10)6(7)5(2-8)3-9/h7H2,1H3/i7D. The Morgan fingerprint density at radius 2 is 2.10 bits per heavy atom. The Bertz CT molecular complexity index is 268. The Morgan fingerprint density at radius 3 is 2.20 bits per heavy atom. The minimum absolute atomic E-state index is 0.0185. The number of rotatable bonds is 2. The smallest absolute Gasteiger partial charge is 0.148 e. The maximum atomic E-state index is 10.7. The normalized spacial score (nSPS) is 8.10. The largest absolute Gasteiger partial charge is 0.296 e. The van der Waals surface area contributed by atoms with E-state index in [2.05, 4.69) is 0 Å². The minimum atomic E-state index is -0.391. The average molecular weight is 133 g/mol. The van der Waals surface area contributed by atoms with Gasteiger partial charge in [-0.1, -0.05) is 0 Å². The average Bonchev–Trinajstić information content (AvgIpc) is 1.99. The van der Waals surface area contributed by atoms with E-state index in [4.69, 9.17) is 11.9 Å². The molecule has 0 N–H and O–H groups in total. The van der Waals surface area contributed by atoms with Crippen LogP contribution in [0.15, 0.2) is 11.0 Å². The first-order chi connectivity index (χ1) is 5.17. The molecule has 0 aliphatic heterocycles. The van der Waals surface area contributed by atoms with Crippen LogP contribution in [0.25, 0.3) is 0 Å². The Kier molecular flexibility index (Phi) is 2.28. The topological polar surface area (TPSA) is 64.7 Å². The fourth-order valence-corrected chi connectivity index (χ4v) is 0.336. The molecule has 0 aromatic heterocycles. The van der Waals surface area contributed by atoms with Crippen molar-refractivity contribution in [2.24, 2.45) is 0 Å². The van der Waals surface area contributed by atoms with Crippen LogP contribution in [0.2, 0.25) is 0 Å². The van der Waals surface area contributed by atoms with Gasteiger partial charge in [0.2, 0.25) is 0 Å². The lowest BCUT2D eigenvalue weighted by molar-refractivity contribution is -0.113. The van der Waals surface area contributed by atoms with Crippen LogP contribution in [0.1, 0.15) is 6.92 Å². The van der Waals surface area contributed by atoms with Gasteiger partial charge in [0.1, 0.15) is 31.3 Å². The Balaban J connectivity index is 5.03. The van der Waals surface area contributed by atoms with Gasteiger partial charge in [0.25, 0.3) is 0 Å². The van der Waals surface area contributed by atoms with Crippen LogP contribution < -0.4 is 0 Å². The molecule has 0 aliphatic rings. The predicted octanol–water partition coefficient (Wildman–Crippen LogP) is -0.490. The molecule has 0 atom stereocenters. The van der Waals surface area contributed by atoms with Gasteiger partial charge in [-0.25, -0.2) is 0 Å². The minimum Gasteiger partial charge on any atom is -0.296 e. The molecule has 0 saturated heterocycles. The first-order valence-corrected chi connectivity index (χ1v) is 2.50. The van der Waals surface area contributed by atoms with Crippen LogP contribution in [0.5, 0.6) is 0 Å². The summed E-state index contributed by atoms with van der Waals surface area (Å²) in [6, 6.07) is 3.12. The fraction of sp³-hybridized carbons (Fsp3) is 0.167. The van der Waals surface area contributed by atoms with E-state index in [1.54, 1.807) is 12.1 Å². The van der Waals surface area contributed by atoms with Crippen molar-refractivity contribution in [1.82, 2.24) is 0 Å². The molecule has 0 amide bonds. The van der Waals surface area contributed by atoms with E-state index in [-0.39, 0.29) is 18.9 Å². The third-order valence-corrected chi connectivity index (χ3v) is 0.950. The van der Waals surface area contributed by atoms with Crippen LogP contribution in [0, 0.1) is 22.7 Å². The van der Waals surface area contributed by atoms with E-state index in [1.165, 1.54) is 6.92 Å². The lowest BCUT2D eigenvalue weighted by Crippen LogP contribution is -1.98. The quantitative estimate of drug-likeness (QED) is 0.290. The molecule has 10 heavy (non-hydrogen) atoms. The first-order valence-electron chi connectivity index (χ1n) is 3.21. The summed E-state index contributed by atoms with van der Waals surface area (Å²) in [5, 5.41) is 16.6. The molecule has 0 fully saturated rings. The van der Waals surface area contributed by atoms with Gasteiger partial charge in [-0.15, -0.1) is 0 Å². The molecule has 3 nitrogen and oxygen atoms in total. The van der Waals surface area contributed by atoms with Crippen molar-refractivity contribution in [1.29, 1.82) is 11.9 Å². The molecule has 48 valence electrons. The molecule has 0 rings (SSSR count). The van der Waals surface area contributed by atoms with Gasteiger partial charge in [0, 0.05) is 0 Å². The molecule has 0 spiro atoms. The Morgan fingerprint density at radius 1 is 1.60 bits per heavy atom. The second kappa shape index (κ2) is 3.47. The first kappa shape index (κ1) is 6.57. The van der Waals surface area contributed by atoms with Crippen molar-refractivity contribution in [3.8, 4) is 12.1 Å². The number of hydrogen-bond donors (Lipinski definition) is 0. The summed E-state index contributed by atoms with van der Waals surface area (Å²) in [6.45, 7) is 1.23. The maximum Gasteiger partial charge on any atom is 0.148 e. The van der Waals surface area contributed by atoms with E-state index in [0.717, 1.165) is 0 Å². The molecule has 0 unspecified atom stereocenters. The Labute approximate surface area is 61.3 Å². The van der Waals surface area contributed by atoms with Crippen LogP contribution in [0.3, 0.4) is 0 Å². The van der Waals surface area contributed by atoms with Crippen molar-refractivity contribution < 1.29 is 4.79 Å². The summed E-state index contributed by atoms with van der Waals surface area (Å²) in [6.07, 6.45) is 0. The van der Waals surface area contributed by atoms with Gasteiger partial charge in [-0.05, 0) is 13.7 Å². The molecule has 0 aromatic carbocycles. The van der Waals surface area contributed by atoms with Gasteiger partial charge < -0.3 is 0 Å². The number of carbonyl (C=O) groups is 1. The maximum absolute atomic E-state index is 10.7. The highest BCUT2D eigenvalue weighted by molar-refractivity contribution is 6.37. The Hall–Kier alpha value is -1.55. The number of allylic oxidation sites excluding steroid dienone is 2. The number of nitrogens with zero attached hydrogens (tertiary/aromatic N) is 2. The zero-order chi connectivity index (χ0) is 8.85. The third kappa shape index (κ3) is 1.76. The van der Waals surface area contributed by atoms with Crippen molar-refractivity contribution in [3.05, 3.63) is 11.0 Å². The van der Waals surface area contributed by atoms with Crippen LogP contribution in [-0.4, -0.2) is 14.9 Å². The summed E-state index contributed by atoms with van der Waals surface area (Å²) in [4.78, 5) is 10.7. The molecule has 4 heteroatoms. The summed E-state index contributed by atoms with van der Waals surface area (Å²) in [5.74, 6) is -0.391. The molecule has 0 radical (unpaired) electrons. The number of hydrogen-bond acceptors (Lipinski definition) is 3. The zero-order valence-electron chi connectivity index (χ0n) is 6.51. The SMILES string of the molecule is [2H]BC(C(C)=O)=C(C#N)C#N. The van der Waals surface area contributed by atoms with Crippen molar-refractivity contribution in [3.63, 3.8) is 0 Å². The number of nitriles is 2. The highest BCUT2D eigenvalue weighted by Gasteiger charge is 2.03. The second-order valence-electron chi connectivity index (χ2n) is 1.63. The number of carbonyl (C=O) groups excluding carboxylic acids is 1. The number of ketones is 1. The van der Waals surface area contributed by atoms with Crippen molar-refractivity contribution >= 4 is 13.6 Å². The zero-order valence-corrected chi connectivity index (χ0v) is 5.51. The molecule has 0 aliphatic carbocycles. The van der Waals surface area contributed by atoms with E-state index < -0.39 is 5.78 Å². The van der Waals surface area contributed by atoms with Gasteiger partial charge in [0.05, 0.1) is 0 Å². The lowest BCUT2D eigenvalue weighted by Gasteiger charge is -1.89. The van der Waals surface area contributed by atoms with E-state index in [9.17, 15) is 4.79 Å². The highest BCUT2D eigenvalue weighted by atomic mass is 16.1. The molecule has 0 aromatic rings. The van der Waals surface area contributed by atoms with E-state index >= 15 is 0 Å². The molecule has 0 saturated carbocycles. The van der Waals surface area contributed by atoms with E-state index in [0.29, 0.717) is 0 Å². The van der Waals surface area contributed by atoms with Crippen LogP contribution in [-0.2, 0) is 4.79 Å². The molecule has 0 heterocycles. The van der Waals surface area contributed by atoms with Gasteiger partial charge in [0.15, 0.2) is 0 Å². The van der Waals surface area contributed by atoms with Crippen molar-refractivity contribution in [2.75, 3.05) is 0 Å². The van der Waals surface area contributed by atoms with Crippen LogP contribution in [0.4, 0.5) is 0 Å². The monoisotopic (exact) mass is 133 g/mol. The highest BCUT2D eigenvalue weighted by Crippen LogP contribution is 1.98. The summed E-state index contributed by atoms with van der Waals surface area (Å²) < 4.78 is 6.85. The van der Waals surface area contributed by atoms with Gasteiger partial charge in [-0.3, -0.25) is 4.79 Å². The summed E-state index contributed by atoms with van der Waals surface area (Å²) >= 11 is 0.